The summed E-state index contributed by atoms with van der Waals surface area (Å²) in [4.78, 5) is 15.0. The monoisotopic (exact) mass is 880 g/mol. The molecule has 1 saturated heterocycles. The second kappa shape index (κ2) is 23.7. The topological polar surface area (TPSA) is 63.7 Å². The van der Waals surface area contributed by atoms with Gasteiger partial charge in [0.15, 0.2) is 0 Å². The fraction of sp³-hybridized carbons (Fsp3) is 0.660. The highest BCUT2D eigenvalue weighted by Gasteiger charge is 2.48. The molecule has 4 rings (SSSR count). The molecule has 0 amide bonds. The average molecular weight is 880 g/mol. The third-order valence-electron chi connectivity index (χ3n) is 11.6. The van der Waals surface area contributed by atoms with Crippen LogP contribution in [0.3, 0.4) is 0 Å². The smallest absolute Gasteiger partial charge is 0.308 e. The fourth-order valence-electron chi connectivity index (χ4n) is 8.41. The van der Waals surface area contributed by atoms with Gasteiger partial charge >= 0.3 is 7.60 Å². The molecule has 4 unspecified atom stereocenters. The second-order valence-electron chi connectivity index (χ2n) is 21.6. The van der Waals surface area contributed by atoms with E-state index in [1.165, 1.54) is 36.0 Å². The SMILES string of the molecule is CC(ON(C(c1ccccc1)C(C)C)C(C)(C)C)c1ccccc1.CC(ON1C(C)(C)CCCC1(C)C)c1ccccc1.CCOP(=O)(OCC)C(N(C)C(C)(C)C)C(C)(C)C. The van der Waals surface area contributed by atoms with Gasteiger partial charge in [0.25, 0.3) is 0 Å². The molecule has 0 N–H and O–H groups in total. The van der Waals surface area contributed by atoms with Crippen LogP contribution in [0.4, 0.5) is 0 Å². The van der Waals surface area contributed by atoms with E-state index >= 15 is 0 Å². The molecule has 0 aromatic heterocycles. The second-order valence-corrected chi connectivity index (χ2v) is 23.7. The van der Waals surface area contributed by atoms with E-state index in [1.807, 2.05) is 33.0 Å². The predicted octanol–water partition coefficient (Wildman–Crippen LogP) is 15.3. The molecule has 0 bridgehead atoms. The summed E-state index contributed by atoms with van der Waals surface area (Å²) in [6.45, 7) is 41.6. The zero-order chi connectivity index (χ0) is 47.3. The molecule has 1 heterocycles. The zero-order valence-electron chi connectivity index (χ0n) is 42.9. The number of benzene rings is 3. The molecule has 1 aliphatic heterocycles. The summed E-state index contributed by atoms with van der Waals surface area (Å²) in [6, 6.07) is 31.7. The van der Waals surface area contributed by atoms with E-state index < -0.39 is 7.60 Å². The van der Waals surface area contributed by atoms with E-state index in [4.69, 9.17) is 18.7 Å². The molecule has 1 aliphatic rings. The normalized spacial score (nSPS) is 18.0. The first-order chi connectivity index (χ1) is 28.5. The Morgan fingerprint density at radius 1 is 0.629 bits per heavy atom. The van der Waals surface area contributed by atoms with Crippen molar-refractivity contribution in [3.05, 3.63) is 108 Å². The van der Waals surface area contributed by atoms with Gasteiger partial charge in [-0.1, -0.05) is 126 Å². The van der Waals surface area contributed by atoms with Crippen LogP contribution in [0.15, 0.2) is 91.0 Å². The van der Waals surface area contributed by atoms with Crippen molar-refractivity contribution < 1.29 is 23.3 Å². The number of nitrogens with zero attached hydrogens (tertiary/aromatic N) is 3. The molecular weight excluding hydrogens is 790 g/mol. The Balaban J connectivity index is 0.000000324. The van der Waals surface area contributed by atoms with Crippen molar-refractivity contribution in [1.29, 1.82) is 0 Å². The molecule has 4 atom stereocenters. The predicted molar refractivity (Wildman–Crippen MR) is 263 cm³/mol. The van der Waals surface area contributed by atoms with Crippen LogP contribution in [0.5, 0.6) is 0 Å². The van der Waals surface area contributed by atoms with Crippen molar-refractivity contribution in [2.24, 2.45) is 11.3 Å². The van der Waals surface area contributed by atoms with Crippen molar-refractivity contribution in [3.8, 4) is 0 Å². The fourth-order valence-corrected chi connectivity index (χ4v) is 11.2. The van der Waals surface area contributed by atoms with Crippen LogP contribution in [0.1, 0.15) is 186 Å². The van der Waals surface area contributed by atoms with E-state index in [2.05, 4.69) is 212 Å². The summed E-state index contributed by atoms with van der Waals surface area (Å²) in [5, 5.41) is 4.42. The molecule has 3 aromatic carbocycles. The quantitative estimate of drug-likeness (QED) is 0.110. The van der Waals surface area contributed by atoms with Gasteiger partial charge in [-0.05, 0) is 151 Å². The summed E-state index contributed by atoms with van der Waals surface area (Å²) in [5.41, 5.74) is 3.51. The maximum atomic E-state index is 13.2. The van der Waals surface area contributed by atoms with Crippen molar-refractivity contribution in [1.82, 2.24) is 15.0 Å². The van der Waals surface area contributed by atoms with Gasteiger partial charge in [-0.15, -0.1) is 0 Å². The van der Waals surface area contributed by atoms with Crippen LogP contribution < -0.4 is 0 Å². The summed E-state index contributed by atoms with van der Waals surface area (Å²) >= 11 is 0. The molecule has 3 aromatic rings. The van der Waals surface area contributed by atoms with Crippen LogP contribution in [0.2, 0.25) is 0 Å². The highest BCUT2D eigenvalue weighted by Crippen LogP contribution is 2.60. The Hall–Kier alpha value is -2.39. The number of hydroxylamine groups is 4. The molecule has 0 saturated carbocycles. The average Bonchev–Trinajstić information content (AvgIpc) is 3.16. The van der Waals surface area contributed by atoms with Crippen LogP contribution in [0, 0.1) is 11.3 Å². The molecular formula is C53H90N3O5P. The first kappa shape index (κ1) is 55.7. The van der Waals surface area contributed by atoms with Gasteiger partial charge in [0.2, 0.25) is 0 Å². The van der Waals surface area contributed by atoms with Crippen LogP contribution in [-0.4, -0.2) is 63.2 Å². The van der Waals surface area contributed by atoms with Crippen molar-refractivity contribution in [3.63, 3.8) is 0 Å². The molecule has 352 valence electrons. The van der Waals surface area contributed by atoms with Gasteiger partial charge < -0.3 is 9.05 Å². The summed E-state index contributed by atoms with van der Waals surface area (Å²) in [7, 11) is -1.19. The van der Waals surface area contributed by atoms with Gasteiger partial charge in [-0.25, -0.2) is 0 Å². The lowest BCUT2D eigenvalue weighted by Gasteiger charge is -2.52. The van der Waals surface area contributed by atoms with Gasteiger partial charge in [-0.3, -0.25) is 19.1 Å². The third-order valence-corrected chi connectivity index (χ3v) is 14.5. The number of hydrogen-bond donors (Lipinski definition) is 0. The molecule has 0 spiro atoms. The standard InChI is InChI=1S/C22H31NO.C17H27NO.C14H32NO3P/c1-17(2)21(20-15-11-8-12-16-20)23(22(4,5)6)24-18(3)19-13-9-7-10-14-19;1-14(15-10-7-6-8-11-15)19-18-16(2,3)12-9-13-17(18,4)5;1-10-17-19(16,18-11-2)12(13(3,4)5)15(9)14(6,7)8/h7-18,21H,1-6H3;6-8,10-11,14H,9,12-13H2,1-5H3;12H,10-11H2,1-9H3. The molecule has 1 fully saturated rings. The van der Waals surface area contributed by atoms with E-state index in [-0.39, 0.29) is 51.6 Å². The Bertz CT molecular complexity index is 1710. The van der Waals surface area contributed by atoms with Gasteiger partial charge in [0.1, 0.15) is 18.0 Å². The van der Waals surface area contributed by atoms with Gasteiger partial charge in [-0.2, -0.15) is 10.1 Å². The van der Waals surface area contributed by atoms with Crippen molar-refractivity contribution in [2.75, 3.05) is 20.3 Å². The maximum absolute atomic E-state index is 13.2. The van der Waals surface area contributed by atoms with Crippen LogP contribution in [-0.2, 0) is 23.3 Å². The molecule has 8 nitrogen and oxygen atoms in total. The minimum Gasteiger partial charge on any atom is -0.308 e. The molecule has 0 aliphatic carbocycles. The Kier molecular flexibility index (Phi) is 21.3. The largest absolute Gasteiger partial charge is 0.348 e. The van der Waals surface area contributed by atoms with Crippen molar-refractivity contribution >= 4 is 7.60 Å². The number of rotatable bonds is 15. The highest BCUT2D eigenvalue weighted by atomic mass is 31.2. The number of hydrogen-bond acceptors (Lipinski definition) is 8. The first-order valence-corrected chi connectivity index (χ1v) is 24.8. The lowest BCUT2D eigenvalue weighted by molar-refractivity contribution is -0.304. The van der Waals surface area contributed by atoms with Crippen molar-refractivity contribution in [2.45, 2.75) is 197 Å². The van der Waals surface area contributed by atoms with E-state index in [0.29, 0.717) is 19.1 Å². The van der Waals surface area contributed by atoms with E-state index in [1.54, 1.807) is 0 Å². The van der Waals surface area contributed by atoms with Gasteiger partial charge in [0.05, 0.1) is 19.3 Å². The molecule has 62 heavy (non-hydrogen) atoms. The van der Waals surface area contributed by atoms with Crippen LogP contribution in [0.25, 0.3) is 0 Å². The maximum Gasteiger partial charge on any atom is 0.348 e. The Labute approximate surface area is 380 Å². The zero-order valence-corrected chi connectivity index (χ0v) is 43.8. The summed E-state index contributed by atoms with van der Waals surface area (Å²) in [6.07, 6.45) is 3.77. The van der Waals surface area contributed by atoms with Gasteiger partial charge in [0, 0.05) is 22.2 Å². The molecule has 0 radical (unpaired) electrons. The van der Waals surface area contributed by atoms with E-state index in [9.17, 15) is 4.57 Å². The minimum absolute atomic E-state index is 0.00962. The highest BCUT2D eigenvalue weighted by molar-refractivity contribution is 7.54. The first-order valence-electron chi connectivity index (χ1n) is 23.2. The molecule has 9 heteroatoms. The summed E-state index contributed by atoms with van der Waals surface area (Å²) < 4.78 is 24.3. The van der Waals surface area contributed by atoms with Crippen LogP contribution >= 0.6 is 7.60 Å². The summed E-state index contributed by atoms with van der Waals surface area (Å²) in [5.74, 6) is 0.162. The van der Waals surface area contributed by atoms with E-state index in [0.717, 1.165) is 0 Å². The lowest BCUT2D eigenvalue weighted by atomic mass is 9.82. The Morgan fingerprint density at radius 2 is 1.02 bits per heavy atom. The lowest BCUT2D eigenvalue weighted by Crippen LogP contribution is -2.58. The number of piperidine rings is 1. The minimum atomic E-state index is -3.18. The third kappa shape index (κ3) is 16.6. The Morgan fingerprint density at radius 3 is 1.35 bits per heavy atom.